The SMILES string of the molecule is COc1cccc(CNC(=O)C(=O)Nc2ccc([N+](=O)[O-])cc2C)c1. The molecule has 0 bridgehead atoms. The van der Waals surface area contributed by atoms with Gasteiger partial charge in [0.2, 0.25) is 0 Å². The molecular formula is C17H17N3O5. The van der Waals surface area contributed by atoms with E-state index in [-0.39, 0.29) is 12.2 Å². The van der Waals surface area contributed by atoms with E-state index in [0.717, 1.165) is 5.56 Å². The second kappa shape index (κ2) is 7.91. The summed E-state index contributed by atoms with van der Waals surface area (Å²) in [6, 6.07) is 11.1. The average molecular weight is 343 g/mol. The molecule has 0 fully saturated rings. The van der Waals surface area contributed by atoms with Crippen molar-refractivity contribution in [3.05, 3.63) is 63.7 Å². The molecular weight excluding hydrogens is 326 g/mol. The van der Waals surface area contributed by atoms with Crippen molar-refractivity contribution in [2.75, 3.05) is 12.4 Å². The highest BCUT2D eigenvalue weighted by Gasteiger charge is 2.16. The second-order valence-corrected chi connectivity index (χ2v) is 5.24. The normalized spacial score (nSPS) is 10.0. The number of nitro groups is 1. The van der Waals surface area contributed by atoms with Crippen LogP contribution in [0.25, 0.3) is 0 Å². The summed E-state index contributed by atoms with van der Waals surface area (Å²) in [4.78, 5) is 34.0. The molecule has 0 heterocycles. The number of benzene rings is 2. The van der Waals surface area contributed by atoms with Gasteiger partial charge in [0.25, 0.3) is 5.69 Å². The average Bonchev–Trinajstić information content (AvgIpc) is 2.61. The number of hydrogen-bond acceptors (Lipinski definition) is 5. The maximum atomic E-state index is 11.9. The van der Waals surface area contributed by atoms with Crippen LogP contribution in [0.1, 0.15) is 11.1 Å². The van der Waals surface area contributed by atoms with Crippen molar-refractivity contribution >= 4 is 23.2 Å². The minimum atomic E-state index is -0.847. The Hall–Kier alpha value is -3.42. The number of nitro benzene ring substituents is 1. The fraction of sp³-hybridized carbons (Fsp3) is 0.176. The first-order chi connectivity index (χ1) is 11.9. The molecule has 130 valence electrons. The zero-order chi connectivity index (χ0) is 18.4. The smallest absolute Gasteiger partial charge is 0.313 e. The summed E-state index contributed by atoms with van der Waals surface area (Å²) in [5.41, 5.74) is 1.53. The quantitative estimate of drug-likeness (QED) is 0.491. The van der Waals surface area contributed by atoms with Crippen LogP contribution >= 0.6 is 0 Å². The van der Waals surface area contributed by atoms with Crippen LogP contribution < -0.4 is 15.4 Å². The number of rotatable bonds is 5. The number of methoxy groups -OCH3 is 1. The predicted molar refractivity (Wildman–Crippen MR) is 91.3 cm³/mol. The van der Waals surface area contributed by atoms with Crippen molar-refractivity contribution in [3.8, 4) is 5.75 Å². The van der Waals surface area contributed by atoms with E-state index in [9.17, 15) is 19.7 Å². The molecule has 2 N–H and O–H groups in total. The number of nitrogens with zero attached hydrogens (tertiary/aromatic N) is 1. The minimum Gasteiger partial charge on any atom is -0.497 e. The summed E-state index contributed by atoms with van der Waals surface area (Å²) in [6.45, 7) is 1.78. The molecule has 0 saturated carbocycles. The van der Waals surface area contributed by atoms with Crippen molar-refractivity contribution < 1.29 is 19.2 Å². The van der Waals surface area contributed by atoms with Crippen LogP contribution in [-0.4, -0.2) is 23.8 Å². The molecule has 0 radical (unpaired) electrons. The third kappa shape index (κ3) is 4.77. The molecule has 0 aromatic heterocycles. The van der Waals surface area contributed by atoms with E-state index in [1.54, 1.807) is 31.2 Å². The zero-order valence-corrected chi connectivity index (χ0v) is 13.7. The summed E-state index contributed by atoms with van der Waals surface area (Å²) in [5, 5.41) is 15.6. The molecule has 0 spiro atoms. The van der Waals surface area contributed by atoms with Crippen LogP contribution in [-0.2, 0) is 16.1 Å². The number of carbonyl (C=O) groups is 2. The molecule has 8 nitrogen and oxygen atoms in total. The number of carbonyl (C=O) groups excluding carboxylic acids is 2. The molecule has 0 aliphatic rings. The topological polar surface area (TPSA) is 111 Å². The van der Waals surface area contributed by atoms with Crippen LogP contribution in [0.2, 0.25) is 0 Å². The van der Waals surface area contributed by atoms with E-state index in [2.05, 4.69) is 10.6 Å². The number of aryl methyl sites for hydroxylation is 1. The Kier molecular flexibility index (Phi) is 5.67. The fourth-order valence-electron chi connectivity index (χ4n) is 2.13. The van der Waals surface area contributed by atoms with Gasteiger partial charge >= 0.3 is 11.8 Å². The molecule has 0 aliphatic heterocycles. The largest absolute Gasteiger partial charge is 0.497 e. The monoisotopic (exact) mass is 343 g/mol. The van der Waals surface area contributed by atoms with E-state index in [1.165, 1.54) is 25.3 Å². The summed E-state index contributed by atoms with van der Waals surface area (Å²) in [7, 11) is 1.54. The maximum absolute atomic E-state index is 11.9. The number of ether oxygens (including phenoxy) is 1. The number of nitrogens with one attached hydrogen (secondary N) is 2. The summed E-state index contributed by atoms with van der Waals surface area (Å²) in [6.07, 6.45) is 0. The Morgan fingerprint density at radius 3 is 2.56 bits per heavy atom. The Morgan fingerprint density at radius 1 is 1.16 bits per heavy atom. The number of amides is 2. The van der Waals surface area contributed by atoms with E-state index in [4.69, 9.17) is 4.74 Å². The lowest BCUT2D eigenvalue weighted by atomic mass is 10.2. The third-order valence-corrected chi connectivity index (χ3v) is 3.46. The highest BCUT2D eigenvalue weighted by Crippen LogP contribution is 2.21. The lowest BCUT2D eigenvalue weighted by Gasteiger charge is -2.09. The summed E-state index contributed by atoms with van der Waals surface area (Å²) >= 11 is 0. The second-order valence-electron chi connectivity index (χ2n) is 5.24. The summed E-state index contributed by atoms with van der Waals surface area (Å²) < 4.78 is 5.09. The lowest BCUT2D eigenvalue weighted by molar-refractivity contribution is -0.384. The number of non-ortho nitro benzene ring substituents is 1. The molecule has 0 saturated heterocycles. The van der Waals surface area contributed by atoms with Crippen molar-refractivity contribution in [1.82, 2.24) is 5.32 Å². The van der Waals surface area contributed by atoms with Gasteiger partial charge in [-0.25, -0.2) is 0 Å². The number of anilines is 1. The van der Waals surface area contributed by atoms with Crippen LogP contribution in [0.3, 0.4) is 0 Å². The van der Waals surface area contributed by atoms with Crippen LogP contribution in [0.15, 0.2) is 42.5 Å². The predicted octanol–water partition coefficient (Wildman–Crippen LogP) is 2.17. The minimum absolute atomic E-state index is 0.0852. The van der Waals surface area contributed by atoms with Crippen molar-refractivity contribution in [3.63, 3.8) is 0 Å². The van der Waals surface area contributed by atoms with Crippen molar-refractivity contribution in [1.29, 1.82) is 0 Å². The molecule has 0 unspecified atom stereocenters. The van der Waals surface area contributed by atoms with E-state index >= 15 is 0 Å². The van der Waals surface area contributed by atoms with E-state index in [1.807, 2.05) is 0 Å². The number of hydrogen-bond donors (Lipinski definition) is 2. The van der Waals surface area contributed by atoms with Gasteiger partial charge in [-0.05, 0) is 36.2 Å². The highest BCUT2D eigenvalue weighted by molar-refractivity contribution is 6.39. The van der Waals surface area contributed by atoms with Crippen LogP contribution in [0.4, 0.5) is 11.4 Å². The van der Waals surface area contributed by atoms with Gasteiger partial charge < -0.3 is 15.4 Å². The molecule has 25 heavy (non-hydrogen) atoms. The van der Waals surface area contributed by atoms with Gasteiger partial charge in [-0.1, -0.05) is 12.1 Å². The molecule has 0 aliphatic carbocycles. The molecule has 2 amide bonds. The van der Waals surface area contributed by atoms with E-state index < -0.39 is 16.7 Å². The Balaban J connectivity index is 1.96. The van der Waals surface area contributed by atoms with Gasteiger partial charge in [0.1, 0.15) is 5.75 Å². The fourth-order valence-corrected chi connectivity index (χ4v) is 2.13. The zero-order valence-electron chi connectivity index (χ0n) is 13.7. The first kappa shape index (κ1) is 17.9. The van der Waals surface area contributed by atoms with Gasteiger partial charge in [0.15, 0.2) is 0 Å². The van der Waals surface area contributed by atoms with Crippen molar-refractivity contribution in [2.45, 2.75) is 13.5 Å². The van der Waals surface area contributed by atoms with Gasteiger partial charge in [-0.3, -0.25) is 19.7 Å². The Labute approximate surface area is 144 Å². The first-order valence-corrected chi connectivity index (χ1v) is 7.38. The van der Waals surface area contributed by atoms with Crippen LogP contribution in [0, 0.1) is 17.0 Å². The molecule has 2 rings (SSSR count). The van der Waals surface area contributed by atoms with Gasteiger partial charge in [0.05, 0.1) is 12.0 Å². The van der Waals surface area contributed by atoms with Crippen LogP contribution in [0.5, 0.6) is 5.75 Å². The molecule has 2 aromatic rings. The Bertz CT molecular complexity index is 820. The lowest BCUT2D eigenvalue weighted by Crippen LogP contribution is -2.35. The summed E-state index contributed by atoms with van der Waals surface area (Å²) in [5.74, 6) is -1.00. The Morgan fingerprint density at radius 2 is 1.92 bits per heavy atom. The maximum Gasteiger partial charge on any atom is 0.313 e. The highest BCUT2D eigenvalue weighted by atomic mass is 16.6. The van der Waals surface area contributed by atoms with Gasteiger partial charge in [0, 0.05) is 24.4 Å². The molecule has 2 aromatic carbocycles. The van der Waals surface area contributed by atoms with Gasteiger partial charge in [-0.2, -0.15) is 0 Å². The van der Waals surface area contributed by atoms with Crippen molar-refractivity contribution in [2.24, 2.45) is 0 Å². The molecule has 0 atom stereocenters. The molecule has 8 heteroatoms. The standard InChI is InChI=1S/C17H17N3O5/c1-11-8-13(20(23)24)6-7-15(11)19-17(22)16(21)18-10-12-4-3-5-14(9-12)25-2/h3-9H,10H2,1-2H3,(H,18,21)(H,19,22). The van der Waals surface area contributed by atoms with E-state index in [0.29, 0.717) is 17.0 Å². The first-order valence-electron chi connectivity index (χ1n) is 7.38. The third-order valence-electron chi connectivity index (χ3n) is 3.46. The van der Waals surface area contributed by atoms with Gasteiger partial charge in [-0.15, -0.1) is 0 Å².